The van der Waals surface area contributed by atoms with Gasteiger partial charge in [0.05, 0.1) is 6.33 Å². The fourth-order valence-corrected chi connectivity index (χ4v) is 4.12. The van der Waals surface area contributed by atoms with Gasteiger partial charge in [0.15, 0.2) is 35.1 Å². The van der Waals surface area contributed by atoms with Gasteiger partial charge in [-0.25, -0.2) is 19.9 Å². The normalized spacial score (nSPS) is 27.9. The van der Waals surface area contributed by atoms with E-state index >= 15 is 0 Å². The molecule has 1 saturated heterocycles. The third-order valence-corrected chi connectivity index (χ3v) is 5.82. The molecule has 5 rings (SSSR count). The Kier molecular flexibility index (Phi) is 4.45. The van der Waals surface area contributed by atoms with Gasteiger partial charge < -0.3 is 20.3 Å². The first-order valence-corrected chi connectivity index (χ1v) is 9.86. The number of hydrogen-bond donors (Lipinski definition) is 3. The highest BCUT2D eigenvalue weighted by atomic mass is 16.6. The van der Waals surface area contributed by atoms with E-state index in [1.165, 1.54) is 19.2 Å². The maximum Gasteiger partial charge on any atom is 0.182 e. The van der Waals surface area contributed by atoms with Crippen LogP contribution in [0.1, 0.15) is 49.7 Å². The Morgan fingerprint density at radius 1 is 1.14 bits per heavy atom. The quantitative estimate of drug-likeness (QED) is 0.575. The minimum Gasteiger partial charge on any atom is -0.387 e. The number of nitrogens with one attached hydrogen (secondary N) is 1. The van der Waals surface area contributed by atoms with Gasteiger partial charge in [-0.05, 0) is 19.8 Å². The van der Waals surface area contributed by atoms with Gasteiger partial charge in [-0.3, -0.25) is 9.25 Å². The number of aromatic nitrogens is 7. The van der Waals surface area contributed by atoms with Crippen LogP contribution in [0.3, 0.4) is 0 Å². The molecule has 0 bridgehead atoms. The van der Waals surface area contributed by atoms with Gasteiger partial charge >= 0.3 is 0 Å². The Morgan fingerprint density at radius 2 is 1.93 bits per heavy atom. The number of rotatable bonds is 4. The Labute approximate surface area is 166 Å². The van der Waals surface area contributed by atoms with Gasteiger partial charge in [-0.15, -0.1) is 0 Å². The van der Waals surface area contributed by atoms with Crippen molar-refractivity contribution in [3.05, 3.63) is 24.3 Å². The van der Waals surface area contributed by atoms with E-state index < -0.39 is 24.5 Å². The van der Waals surface area contributed by atoms with E-state index in [2.05, 4.69) is 30.4 Å². The lowest BCUT2D eigenvalue weighted by atomic mass is 10.1. The number of anilines is 1. The Hall–Kier alpha value is -2.63. The summed E-state index contributed by atoms with van der Waals surface area (Å²) in [6.45, 7) is 1.81. The first kappa shape index (κ1) is 18.4. The first-order chi connectivity index (χ1) is 14.0. The Bertz CT molecular complexity index is 1010. The predicted molar refractivity (Wildman–Crippen MR) is 102 cm³/mol. The molecular formula is C18H24N8O3. The molecule has 0 radical (unpaired) electrons. The van der Waals surface area contributed by atoms with Crippen molar-refractivity contribution in [2.24, 2.45) is 7.05 Å². The van der Waals surface area contributed by atoms with Gasteiger partial charge in [0, 0.05) is 13.1 Å². The van der Waals surface area contributed by atoms with Crippen LogP contribution in [0.2, 0.25) is 0 Å². The molecule has 3 N–H and O–H groups in total. The molecule has 11 heteroatoms. The lowest BCUT2D eigenvalue weighted by Crippen LogP contribution is -2.29. The molecule has 0 aromatic carbocycles. The number of ether oxygens (including phenoxy) is 1. The molecule has 2 fully saturated rings. The minimum atomic E-state index is -1.18. The topological polar surface area (TPSA) is 136 Å². The smallest absolute Gasteiger partial charge is 0.182 e. The van der Waals surface area contributed by atoms with Crippen LogP contribution < -0.4 is 5.32 Å². The lowest BCUT2D eigenvalue weighted by Gasteiger charge is -2.17. The average molecular weight is 400 g/mol. The van der Waals surface area contributed by atoms with E-state index in [-0.39, 0.29) is 0 Å². The van der Waals surface area contributed by atoms with Crippen molar-refractivity contribution in [3.63, 3.8) is 0 Å². The van der Waals surface area contributed by atoms with Crippen LogP contribution in [0.5, 0.6) is 0 Å². The SMILES string of the molecule is Cc1nc([C@H]2O[C@@H](n3cnc4c(NC5CCCC5)ncnc43)[C@H](O)[C@@H]2O)nn1C. The van der Waals surface area contributed by atoms with E-state index in [0.29, 0.717) is 34.7 Å². The molecule has 11 nitrogen and oxygen atoms in total. The summed E-state index contributed by atoms with van der Waals surface area (Å²) in [7, 11) is 1.76. The third kappa shape index (κ3) is 3.05. The summed E-state index contributed by atoms with van der Waals surface area (Å²) in [5.74, 6) is 1.70. The molecular weight excluding hydrogens is 376 g/mol. The maximum atomic E-state index is 10.7. The molecule has 2 aliphatic rings. The second-order valence-corrected chi connectivity index (χ2v) is 7.74. The highest BCUT2D eigenvalue weighted by Crippen LogP contribution is 2.39. The second-order valence-electron chi connectivity index (χ2n) is 7.74. The summed E-state index contributed by atoms with van der Waals surface area (Å²) < 4.78 is 9.20. The molecule has 0 unspecified atom stereocenters. The number of aryl methyl sites for hydroxylation is 2. The molecule has 1 aliphatic carbocycles. The van der Waals surface area contributed by atoms with Crippen molar-refractivity contribution in [1.29, 1.82) is 0 Å². The summed E-state index contributed by atoms with van der Waals surface area (Å²) in [5.41, 5.74) is 1.14. The number of fused-ring (bicyclic) bond motifs is 1. The van der Waals surface area contributed by atoms with E-state index in [1.54, 1.807) is 22.6 Å². The van der Waals surface area contributed by atoms with E-state index in [9.17, 15) is 10.2 Å². The third-order valence-electron chi connectivity index (χ3n) is 5.82. The average Bonchev–Trinajstić information content (AvgIpc) is 3.47. The van der Waals surface area contributed by atoms with Crippen LogP contribution in [0.15, 0.2) is 12.7 Å². The first-order valence-electron chi connectivity index (χ1n) is 9.86. The van der Waals surface area contributed by atoms with Crippen molar-refractivity contribution in [1.82, 2.24) is 34.3 Å². The molecule has 3 aromatic heterocycles. The second kappa shape index (κ2) is 7.01. The molecule has 4 atom stereocenters. The van der Waals surface area contributed by atoms with Crippen molar-refractivity contribution < 1.29 is 14.9 Å². The van der Waals surface area contributed by atoms with E-state index in [4.69, 9.17) is 4.74 Å². The predicted octanol–water partition coefficient (Wildman–Crippen LogP) is 0.610. The molecule has 0 amide bonds. The minimum absolute atomic E-state index is 0.335. The molecule has 29 heavy (non-hydrogen) atoms. The monoisotopic (exact) mass is 400 g/mol. The molecule has 3 aromatic rings. The van der Waals surface area contributed by atoms with Crippen LogP contribution >= 0.6 is 0 Å². The summed E-state index contributed by atoms with van der Waals surface area (Å²) in [6.07, 6.45) is 3.62. The summed E-state index contributed by atoms with van der Waals surface area (Å²) in [4.78, 5) is 17.5. The molecule has 1 saturated carbocycles. The van der Waals surface area contributed by atoms with E-state index in [0.717, 1.165) is 12.8 Å². The Balaban J connectivity index is 1.45. The van der Waals surface area contributed by atoms with Crippen LogP contribution in [0.4, 0.5) is 5.82 Å². The van der Waals surface area contributed by atoms with Gasteiger partial charge in [0.25, 0.3) is 0 Å². The van der Waals surface area contributed by atoms with Crippen LogP contribution in [-0.4, -0.2) is 62.7 Å². The van der Waals surface area contributed by atoms with Crippen molar-refractivity contribution >= 4 is 17.0 Å². The zero-order valence-electron chi connectivity index (χ0n) is 16.3. The van der Waals surface area contributed by atoms with Gasteiger partial charge in [-0.2, -0.15) is 5.10 Å². The molecule has 154 valence electrons. The fourth-order valence-electron chi connectivity index (χ4n) is 4.12. The summed E-state index contributed by atoms with van der Waals surface area (Å²) in [6, 6.07) is 0.385. The number of imidazole rings is 1. The number of nitrogens with zero attached hydrogens (tertiary/aromatic N) is 7. The largest absolute Gasteiger partial charge is 0.387 e. The van der Waals surface area contributed by atoms with Crippen molar-refractivity contribution in [2.45, 2.75) is 63.2 Å². The molecule has 4 heterocycles. The standard InChI is InChI=1S/C18H24N8O3/c1-9-22-16(24-25(9)2)14-12(27)13(28)18(29-14)26-8-21-11-15(19-7-20-17(11)26)23-10-5-3-4-6-10/h7-8,10,12-14,18,27-28H,3-6H2,1-2H3,(H,19,20,23)/t12-,13+,14-,18+/m0/s1. The highest BCUT2D eigenvalue weighted by Gasteiger charge is 2.47. The summed E-state index contributed by atoms with van der Waals surface area (Å²) >= 11 is 0. The Morgan fingerprint density at radius 3 is 2.66 bits per heavy atom. The zero-order chi connectivity index (χ0) is 20.1. The van der Waals surface area contributed by atoms with Gasteiger partial charge in [-0.1, -0.05) is 12.8 Å². The van der Waals surface area contributed by atoms with Crippen molar-refractivity contribution in [2.75, 3.05) is 5.32 Å². The number of aliphatic hydroxyl groups is 2. The van der Waals surface area contributed by atoms with Crippen LogP contribution in [-0.2, 0) is 11.8 Å². The maximum absolute atomic E-state index is 10.7. The summed E-state index contributed by atoms with van der Waals surface area (Å²) in [5, 5.41) is 28.9. The van der Waals surface area contributed by atoms with Gasteiger partial charge in [0.1, 0.15) is 24.4 Å². The highest BCUT2D eigenvalue weighted by molar-refractivity contribution is 5.82. The molecule has 0 spiro atoms. The van der Waals surface area contributed by atoms with Crippen LogP contribution in [0.25, 0.3) is 11.2 Å². The van der Waals surface area contributed by atoms with Crippen molar-refractivity contribution in [3.8, 4) is 0 Å². The molecule has 1 aliphatic heterocycles. The van der Waals surface area contributed by atoms with Gasteiger partial charge in [0.2, 0.25) is 0 Å². The lowest BCUT2D eigenvalue weighted by molar-refractivity contribution is -0.0383. The van der Waals surface area contributed by atoms with E-state index in [1.807, 2.05) is 6.92 Å². The number of aliphatic hydroxyl groups excluding tert-OH is 2. The zero-order valence-corrected chi connectivity index (χ0v) is 16.3. The van der Waals surface area contributed by atoms with Crippen LogP contribution in [0, 0.1) is 6.92 Å². The fraction of sp³-hybridized carbons (Fsp3) is 0.611. The number of hydrogen-bond acceptors (Lipinski definition) is 9.